The molecule has 7 heteroatoms. The molecule has 0 aromatic heterocycles. The fourth-order valence-electron chi connectivity index (χ4n) is 2.03. The maximum absolute atomic E-state index is 12.1. The van der Waals surface area contributed by atoms with Gasteiger partial charge >= 0.3 is 0 Å². The van der Waals surface area contributed by atoms with E-state index in [0.29, 0.717) is 5.56 Å². The first kappa shape index (κ1) is 15.5. The molecule has 1 unspecified atom stereocenters. The number of hydrogen-bond donors (Lipinski definition) is 6. The lowest BCUT2D eigenvalue weighted by atomic mass is 9.98. The molecule has 2 aromatic rings. The summed E-state index contributed by atoms with van der Waals surface area (Å²) in [5.41, 5.74) is -0.137. The van der Waals surface area contributed by atoms with Crippen molar-refractivity contribution in [2.24, 2.45) is 0 Å². The zero-order chi connectivity index (χ0) is 16.4. The summed E-state index contributed by atoms with van der Waals surface area (Å²) < 4.78 is 0. The van der Waals surface area contributed by atoms with Gasteiger partial charge in [-0.05, 0) is 17.7 Å². The first-order valence-corrected chi connectivity index (χ1v) is 6.27. The number of aromatic hydroxyl groups is 5. The standard InChI is InChI=1S/C15H14O7/c16-8-5-11(19)14(12(20)6-8)15(22)13(21)4-7-1-2-9(17)10(18)3-7/h1-3,5-6,13,16-21H,4H2. The number of carbonyl (C=O) groups is 1. The van der Waals surface area contributed by atoms with Crippen molar-refractivity contribution in [3.63, 3.8) is 0 Å². The van der Waals surface area contributed by atoms with Crippen LogP contribution in [0.5, 0.6) is 28.7 Å². The van der Waals surface area contributed by atoms with E-state index in [1.165, 1.54) is 18.2 Å². The Hall–Kier alpha value is -2.93. The van der Waals surface area contributed by atoms with Gasteiger partial charge in [-0.1, -0.05) is 6.07 Å². The molecule has 0 heterocycles. The van der Waals surface area contributed by atoms with Gasteiger partial charge in [0.15, 0.2) is 17.3 Å². The van der Waals surface area contributed by atoms with E-state index in [9.17, 15) is 35.4 Å². The molecule has 2 aromatic carbocycles. The summed E-state index contributed by atoms with van der Waals surface area (Å²) in [7, 11) is 0. The van der Waals surface area contributed by atoms with Gasteiger partial charge in [-0.3, -0.25) is 4.79 Å². The van der Waals surface area contributed by atoms with Gasteiger partial charge in [0.25, 0.3) is 0 Å². The van der Waals surface area contributed by atoms with Gasteiger partial charge in [0.2, 0.25) is 0 Å². The Labute approximate surface area is 125 Å². The lowest BCUT2D eigenvalue weighted by molar-refractivity contribution is 0.0741. The van der Waals surface area contributed by atoms with Crippen LogP contribution in [0.2, 0.25) is 0 Å². The normalized spacial score (nSPS) is 12.0. The fraction of sp³-hybridized carbons (Fsp3) is 0.133. The van der Waals surface area contributed by atoms with Gasteiger partial charge in [-0.2, -0.15) is 0 Å². The lowest BCUT2D eigenvalue weighted by Gasteiger charge is -2.13. The molecule has 1 atom stereocenters. The number of aliphatic hydroxyl groups is 1. The number of aliphatic hydroxyl groups excluding tert-OH is 1. The van der Waals surface area contributed by atoms with Crippen molar-refractivity contribution in [2.75, 3.05) is 0 Å². The average molecular weight is 306 g/mol. The second-order valence-electron chi connectivity index (χ2n) is 4.77. The van der Waals surface area contributed by atoms with Crippen LogP contribution in [0.4, 0.5) is 0 Å². The zero-order valence-electron chi connectivity index (χ0n) is 11.3. The highest BCUT2D eigenvalue weighted by Crippen LogP contribution is 2.33. The summed E-state index contributed by atoms with van der Waals surface area (Å²) in [5.74, 6) is -3.41. The van der Waals surface area contributed by atoms with Gasteiger partial charge in [0.05, 0.1) is 0 Å². The smallest absolute Gasteiger partial charge is 0.199 e. The average Bonchev–Trinajstić information content (AvgIpc) is 2.41. The predicted molar refractivity (Wildman–Crippen MR) is 75.2 cm³/mol. The summed E-state index contributed by atoms with van der Waals surface area (Å²) in [5, 5.41) is 56.9. The van der Waals surface area contributed by atoms with Crippen LogP contribution in [0.1, 0.15) is 15.9 Å². The second kappa shape index (κ2) is 5.82. The van der Waals surface area contributed by atoms with E-state index in [4.69, 9.17) is 0 Å². The van der Waals surface area contributed by atoms with Crippen molar-refractivity contribution in [2.45, 2.75) is 12.5 Å². The molecule has 0 fully saturated rings. The Morgan fingerprint density at radius 1 is 0.864 bits per heavy atom. The number of carbonyl (C=O) groups excluding carboxylic acids is 1. The molecule has 7 nitrogen and oxygen atoms in total. The van der Waals surface area contributed by atoms with E-state index in [2.05, 4.69) is 0 Å². The highest BCUT2D eigenvalue weighted by Gasteiger charge is 2.25. The quantitative estimate of drug-likeness (QED) is 0.366. The minimum atomic E-state index is -1.59. The molecule has 6 N–H and O–H groups in total. The van der Waals surface area contributed by atoms with Crippen LogP contribution < -0.4 is 0 Å². The fourth-order valence-corrected chi connectivity index (χ4v) is 2.03. The SMILES string of the molecule is O=C(c1c(O)cc(O)cc1O)C(O)Cc1ccc(O)c(O)c1. The molecule has 0 bridgehead atoms. The second-order valence-corrected chi connectivity index (χ2v) is 4.77. The van der Waals surface area contributed by atoms with E-state index in [1.54, 1.807) is 0 Å². The van der Waals surface area contributed by atoms with E-state index >= 15 is 0 Å². The third-order valence-electron chi connectivity index (χ3n) is 3.10. The third kappa shape index (κ3) is 3.04. The summed E-state index contributed by atoms with van der Waals surface area (Å²) in [4.78, 5) is 12.1. The summed E-state index contributed by atoms with van der Waals surface area (Å²) in [6.07, 6.45) is -1.79. The summed E-state index contributed by atoms with van der Waals surface area (Å²) >= 11 is 0. The maximum atomic E-state index is 12.1. The lowest BCUT2D eigenvalue weighted by Crippen LogP contribution is -2.23. The number of rotatable bonds is 4. The first-order valence-electron chi connectivity index (χ1n) is 6.27. The largest absolute Gasteiger partial charge is 0.508 e. The predicted octanol–water partition coefficient (Wildman–Crippen LogP) is 1.00. The van der Waals surface area contributed by atoms with Crippen LogP contribution in [0.3, 0.4) is 0 Å². The molecule has 2 rings (SSSR count). The van der Waals surface area contributed by atoms with Crippen molar-refractivity contribution >= 4 is 5.78 Å². The molecule has 0 aliphatic heterocycles. The van der Waals surface area contributed by atoms with Gasteiger partial charge in [0.1, 0.15) is 28.9 Å². The summed E-state index contributed by atoms with van der Waals surface area (Å²) in [6.45, 7) is 0. The van der Waals surface area contributed by atoms with Crippen LogP contribution in [0, 0.1) is 0 Å². The highest BCUT2D eigenvalue weighted by molar-refractivity contribution is 6.04. The Morgan fingerprint density at radius 2 is 1.45 bits per heavy atom. The molecule has 22 heavy (non-hydrogen) atoms. The Kier molecular flexibility index (Phi) is 4.09. The van der Waals surface area contributed by atoms with Gasteiger partial charge in [-0.25, -0.2) is 0 Å². The number of ketones is 1. The molecule has 0 aliphatic rings. The number of phenolic OH excluding ortho intramolecular Hbond substituents is 5. The molecular weight excluding hydrogens is 292 g/mol. The van der Waals surface area contributed by atoms with E-state index in [-0.39, 0.29) is 12.2 Å². The van der Waals surface area contributed by atoms with Crippen LogP contribution in [-0.2, 0) is 6.42 Å². The number of benzene rings is 2. The monoisotopic (exact) mass is 306 g/mol. The number of hydrogen-bond acceptors (Lipinski definition) is 7. The van der Waals surface area contributed by atoms with Gasteiger partial charge in [0, 0.05) is 18.6 Å². The number of Topliss-reactive ketones (excluding diaryl/α,β-unsaturated/α-hetero) is 1. The van der Waals surface area contributed by atoms with E-state index in [0.717, 1.165) is 12.1 Å². The Bertz CT molecular complexity index is 701. The van der Waals surface area contributed by atoms with E-state index < -0.39 is 40.4 Å². The van der Waals surface area contributed by atoms with Crippen molar-refractivity contribution in [1.29, 1.82) is 0 Å². The Morgan fingerprint density at radius 3 is 2.00 bits per heavy atom. The van der Waals surface area contributed by atoms with Crippen LogP contribution >= 0.6 is 0 Å². The van der Waals surface area contributed by atoms with Crippen LogP contribution in [0.15, 0.2) is 30.3 Å². The van der Waals surface area contributed by atoms with Crippen molar-refractivity contribution in [1.82, 2.24) is 0 Å². The minimum Gasteiger partial charge on any atom is -0.508 e. The van der Waals surface area contributed by atoms with Gasteiger partial charge in [-0.15, -0.1) is 0 Å². The minimum absolute atomic E-state index is 0.202. The van der Waals surface area contributed by atoms with Crippen molar-refractivity contribution < 1.29 is 35.4 Å². The summed E-state index contributed by atoms with van der Waals surface area (Å²) in [6, 6.07) is 5.53. The molecule has 0 saturated carbocycles. The zero-order valence-corrected chi connectivity index (χ0v) is 11.3. The number of phenols is 5. The van der Waals surface area contributed by atoms with Crippen LogP contribution in [-0.4, -0.2) is 42.5 Å². The molecular formula is C15H14O7. The molecule has 0 amide bonds. The molecule has 0 radical (unpaired) electrons. The van der Waals surface area contributed by atoms with Crippen molar-refractivity contribution in [3.05, 3.63) is 41.5 Å². The molecule has 0 spiro atoms. The maximum Gasteiger partial charge on any atom is 0.199 e. The Balaban J connectivity index is 2.24. The van der Waals surface area contributed by atoms with Gasteiger partial charge < -0.3 is 30.6 Å². The third-order valence-corrected chi connectivity index (χ3v) is 3.10. The molecule has 116 valence electrons. The van der Waals surface area contributed by atoms with Crippen molar-refractivity contribution in [3.8, 4) is 28.7 Å². The van der Waals surface area contributed by atoms with E-state index in [1.807, 2.05) is 0 Å². The van der Waals surface area contributed by atoms with Crippen LogP contribution in [0.25, 0.3) is 0 Å². The molecule has 0 aliphatic carbocycles. The first-order chi connectivity index (χ1) is 10.3. The molecule has 0 saturated heterocycles. The topological polar surface area (TPSA) is 138 Å². The highest BCUT2D eigenvalue weighted by atomic mass is 16.3.